The van der Waals surface area contributed by atoms with Gasteiger partial charge in [0, 0.05) is 42.3 Å². The van der Waals surface area contributed by atoms with Crippen molar-refractivity contribution in [2.75, 3.05) is 13.7 Å². The number of ether oxygens (including phenoxy) is 1. The molecule has 204 valence electrons. The second-order valence-electron chi connectivity index (χ2n) is 11.7. The Morgan fingerprint density at radius 3 is 2.39 bits per heavy atom. The summed E-state index contributed by atoms with van der Waals surface area (Å²) >= 11 is 0. The number of nitrogens with zero attached hydrogens (tertiary/aromatic N) is 2. The zero-order chi connectivity index (χ0) is 26.6. The zero-order valence-electron chi connectivity index (χ0n) is 23.4. The molecule has 2 aromatic rings. The third-order valence-electron chi connectivity index (χ3n) is 9.32. The van der Waals surface area contributed by atoms with Crippen LogP contribution in [0.25, 0.3) is 0 Å². The number of fused-ring (bicyclic) bond motifs is 1. The van der Waals surface area contributed by atoms with Crippen LogP contribution in [0.5, 0.6) is 5.75 Å². The molecule has 1 amide bonds. The molecule has 0 radical (unpaired) electrons. The van der Waals surface area contributed by atoms with E-state index in [9.17, 15) is 4.79 Å². The number of carbonyl (C=O) groups is 1. The highest BCUT2D eigenvalue weighted by Gasteiger charge is 2.45. The summed E-state index contributed by atoms with van der Waals surface area (Å²) in [6, 6.07) is 19.4. The molecule has 5 nitrogen and oxygen atoms in total. The van der Waals surface area contributed by atoms with Crippen LogP contribution in [-0.2, 0) is 0 Å². The van der Waals surface area contributed by atoms with E-state index < -0.39 is 0 Å². The summed E-state index contributed by atoms with van der Waals surface area (Å²) in [6.45, 7) is 9.77. The molecule has 2 aliphatic heterocycles. The fourth-order valence-corrected chi connectivity index (χ4v) is 7.33. The molecule has 5 rings (SSSR count). The highest BCUT2D eigenvalue weighted by Crippen LogP contribution is 2.43. The Labute approximate surface area is 229 Å². The van der Waals surface area contributed by atoms with E-state index in [-0.39, 0.29) is 11.9 Å². The quantitative estimate of drug-likeness (QED) is 0.416. The lowest BCUT2D eigenvalue weighted by molar-refractivity contribution is -0.0499. The van der Waals surface area contributed by atoms with Gasteiger partial charge in [-0.05, 0) is 87.8 Å². The number of methoxy groups -OCH3 is 1. The smallest absolute Gasteiger partial charge is 0.251 e. The lowest BCUT2D eigenvalue weighted by Crippen LogP contribution is -2.63. The van der Waals surface area contributed by atoms with Gasteiger partial charge in [0.25, 0.3) is 5.91 Å². The number of benzene rings is 2. The average molecular weight is 516 g/mol. The highest BCUT2D eigenvalue weighted by molar-refractivity contribution is 5.94. The largest absolute Gasteiger partial charge is 0.497 e. The number of amides is 1. The molecule has 5 unspecified atom stereocenters. The van der Waals surface area contributed by atoms with Crippen molar-refractivity contribution in [2.45, 2.75) is 101 Å². The minimum absolute atomic E-state index is 0.0501. The van der Waals surface area contributed by atoms with Gasteiger partial charge in [-0.25, -0.2) is 0 Å². The molecule has 0 aromatic heterocycles. The third kappa shape index (κ3) is 5.55. The van der Waals surface area contributed by atoms with Crippen molar-refractivity contribution >= 4 is 5.91 Å². The van der Waals surface area contributed by atoms with Crippen LogP contribution in [0.3, 0.4) is 0 Å². The Morgan fingerprint density at radius 2 is 1.68 bits per heavy atom. The molecule has 5 atom stereocenters. The van der Waals surface area contributed by atoms with E-state index >= 15 is 0 Å². The van der Waals surface area contributed by atoms with Gasteiger partial charge in [-0.15, -0.1) is 6.58 Å². The van der Waals surface area contributed by atoms with Gasteiger partial charge < -0.3 is 10.1 Å². The maximum atomic E-state index is 13.0. The summed E-state index contributed by atoms with van der Waals surface area (Å²) in [4.78, 5) is 18.4. The number of hydrogen-bond donors (Lipinski definition) is 1. The van der Waals surface area contributed by atoms with Crippen LogP contribution in [-0.4, -0.2) is 59.6 Å². The number of likely N-dealkylation sites (tertiary alicyclic amines) is 2. The molecule has 1 N–H and O–H groups in total. The number of piperidine rings is 2. The highest BCUT2D eigenvalue weighted by atomic mass is 16.5. The monoisotopic (exact) mass is 515 g/mol. The van der Waals surface area contributed by atoms with Crippen LogP contribution >= 0.6 is 0 Å². The second-order valence-corrected chi connectivity index (χ2v) is 11.7. The minimum atomic E-state index is 0.0501. The van der Waals surface area contributed by atoms with E-state index in [4.69, 9.17) is 4.74 Å². The molecule has 1 aliphatic carbocycles. The van der Waals surface area contributed by atoms with E-state index in [0.29, 0.717) is 30.2 Å². The van der Waals surface area contributed by atoms with Crippen molar-refractivity contribution in [2.24, 2.45) is 0 Å². The summed E-state index contributed by atoms with van der Waals surface area (Å²) in [5.74, 6) is 0.931. The van der Waals surface area contributed by atoms with Crippen LogP contribution < -0.4 is 10.1 Å². The molecule has 3 aliphatic rings. The van der Waals surface area contributed by atoms with E-state index in [1.807, 2.05) is 18.2 Å². The molecule has 3 fully saturated rings. The van der Waals surface area contributed by atoms with Crippen molar-refractivity contribution in [1.82, 2.24) is 15.1 Å². The standard InChI is InChI=1S/C33H45N3O2/c1-5-21-35-23(2)13-20-31-30(35)19-14-24(3)36(31)32(27-9-8-12-29(22-27)38-4)25-15-17-26(18-16-25)33(37)34-28-10-6-7-11-28/h5,8-9,12,15-18,22-24,28,30-32H,1,6-7,10-11,13-14,19-21H2,2-4H3,(H,34,37). The van der Waals surface area contributed by atoms with Crippen LogP contribution in [0.1, 0.15) is 92.7 Å². The summed E-state index contributed by atoms with van der Waals surface area (Å²) in [5.41, 5.74) is 3.23. The first kappa shape index (κ1) is 27.0. The molecule has 0 spiro atoms. The van der Waals surface area contributed by atoms with Gasteiger partial charge in [-0.3, -0.25) is 14.6 Å². The summed E-state index contributed by atoms with van der Waals surface area (Å²) in [7, 11) is 1.74. The predicted molar refractivity (Wildman–Crippen MR) is 155 cm³/mol. The summed E-state index contributed by atoms with van der Waals surface area (Å²) in [6.07, 6.45) is 11.5. The van der Waals surface area contributed by atoms with Gasteiger partial charge in [0.05, 0.1) is 13.2 Å². The Hall–Kier alpha value is -2.63. The second kappa shape index (κ2) is 12.0. The number of nitrogens with one attached hydrogen (secondary N) is 1. The number of carbonyl (C=O) groups excluding carboxylic acids is 1. The number of rotatable bonds is 8. The van der Waals surface area contributed by atoms with Crippen molar-refractivity contribution < 1.29 is 9.53 Å². The fraction of sp³-hybridized carbons (Fsp3) is 0.545. The maximum absolute atomic E-state index is 13.0. The predicted octanol–water partition coefficient (Wildman–Crippen LogP) is 6.35. The summed E-state index contributed by atoms with van der Waals surface area (Å²) < 4.78 is 5.65. The molecule has 2 heterocycles. The van der Waals surface area contributed by atoms with Crippen molar-refractivity contribution in [3.63, 3.8) is 0 Å². The van der Waals surface area contributed by atoms with E-state index in [1.54, 1.807) is 7.11 Å². The van der Waals surface area contributed by atoms with Gasteiger partial charge in [0.15, 0.2) is 0 Å². The first-order chi connectivity index (χ1) is 18.5. The first-order valence-corrected chi connectivity index (χ1v) is 14.7. The molecule has 38 heavy (non-hydrogen) atoms. The minimum Gasteiger partial charge on any atom is -0.497 e. The van der Waals surface area contributed by atoms with Crippen LogP contribution in [0.15, 0.2) is 61.2 Å². The Morgan fingerprint density at radius 1 is 0.974 bits per heavy atom. The normalized spacial score (nSPS) is 27.4. The Bertz CT molecular complexity index is 1090. The fourth-order valence-electron chi connectivity index (χ4n) is 7.33. The van der Waals surface area contributed by atoms with Crippen LogP contribution in [0, 0.1) is 0 Å². The molecule has 2 aromatic carbocycles. The maximum Gasteiger partial charge on any atom is 0.251 e. The van der Waals surface area contributed by atoms with E-state index in [1.165, 1.54) is 49.7 Å². The first-order valence-electron chi connectivity index (χ1n) is 14.7. The van der Waals surface area contributed by atoms with Gasteiger partial charge >= 0.3 is 0 Å². The average Bonchev–Trinajstić information content (AvgIpc) is 3.45. The molecular weight excluding hydrogens is 470 g/mol. The lowest BCUT2D eigenvalue weighted by Gasteiger charge is -2.56. The molecular formula is C33H45N3O2. The number of hydrogen-bond acceptors (Lipinski definition) is 4. The molecule has 2 saturated heterocycles. The molecule has 0 bridgehead atoms. The van der Waals surface area contributed by atoms with Gasteiger partial charge in [0.2, 0.25) is 0 Å². The summed E-state index contributed by atoms with van der Waals surface area (Å²) in [5, 5.41) is 3.24. The molecule has 1 saturated carbocycles. The van der Waals surface area contributed by atoms with Crippen molar-refractivity contribution in [3.8, 4) is 5.75 Å². The topological polar surface area (TPSA) is 44.8 Å². The van der Waals surface area contributed by atoms with Crippen molar-refractivity contribution in [1.29, 1.82) is 0 Å². The molecule has 5 heteroatoms. The van der Waals surface area contributed by atoms with E-state index in [0.717, 1.165) is 30.7 Å². The third-order valence-corrected chi connectivity index (χ3v) is 9.32. The Kier molecular flexibility index (Phi) is 8.54. The SMILES string of the molecule is C=CCN1C(C)CCC2C1CCC(C)N2C(c1ccc(C(=O)NC2CCCC2)cc1)c1cccc(OC)c1. The van der Waals surface area contributed by atoms with E-state index in [2.05, 4.69) is 72.0 Å². The van der Waals surface area contributed by atoms with Crippen LogP contribution in [0.4, 0.5) is 0 Å². The lowest BCUT2D eigenvalue weighted by atomic mass is 9.79. The van der Waals surface area contributed by atoms with Crippen molar-refractivity contribution in [3.05, 3.63) is 77.9 Å². The van der Waals surface area contributed by atoms with Gasteiger partial charge in [-0.1, -0.05) is 43.2 Å². The van der Waals surface area contributed by atoms with Gasteiger partial charge in [-0.2, -0.15) is 0 Å². The van der Waals surface area contributed by atoms with Crippen LogP contribution in [0.2, 0.25) is 0 Å². The van der Waals surface area contributed by atoms with Gasteiger partial charge in [0.1, 0.15) is 5.75 Å². The Balaban J connectivity index is 1.49. The zero-order valence-corrected chi connectivity index (χ0v) is 23.4.